The molecule has 0 aliphatic heterocycles. The van der Waals surface area contributed by atoms with Crippen molar-refractivity contribution in [3.8, 4) is 16.8 Å². The summed E-state index contributed by atoms with van der Waals surface area (Å²) in [5.74, 6) is 0. The number of allylic oxidation sites excluding steroid dienone is 7. The van der Waals surface area contributed by atoms with Crippen LogP contribution in [0, 0.1) is 13.8 Å². The van der Waals surface area contributed by atoms with Crippen molar-refractivity contribution in [2.75, 3.05) is 0 Å². The fourth-order valence-corrected chi connectivity index (χ4v) is 6.97. The predicted octanol–water partition coefficient (Wildman–Crippen LogP) is 10.9. The van der Waals surface area contributed by atoms with Gasteiger partial charge in [-0.2, -0.15) is 0 Å². The van der Waals surface area contributed by atoms with Crippen LogP contribution < -0.4 is 10.4 Å². The Kier molecular flexibility index (Phi) is 9.36. The van der Waals surface area contributed by atoms with Gasteiger partial charge in [-0.1, -0.05) is 110 Å². The van der Waals surface area contributed by atoms with Crippen LogP contribution in [0.25, 0.3) is 68.0 Å². The van der Waals surface area contributed by atoms with Gasteiger partial charge in [0.25, 0.3) is 0 Å². The molecule has 2 heterocycles. The Morgan fingerprint density at radius 2 is 1.50 bits per heavy atom. The molecule has 0 spiro atoms. The van der Waals surface area contributed by atoms with Crippen molar-refractivity contribution in [2.45, 2.75) is 34.6 Å². The number of benzene rings is 4. The molecule has 2 aromatic heterocycles. The molecule has 4 aromatic carbocycles. The smallest absolute Gasteiger partial charge is 0.0571 e. The number of nitrogens with zero attached hydrogens (tertiary/aromatic N) is 2. The summed E-state index contributed by atoms with van der Waals surface area (Å²) in [5.41, 5.74) is 13.9. The highest BCUT2D eigenvalue weighted by atomic mass is 15.0. The zero-order valence-corrected chi connectivity index (χ0v) is 28.6. The summed E-state index contributed by atoms with van der Waals surface area (Å²) < 4.78 is 2.32. The van der Waals surface area contributed by atoms with Crippen molar-refractivity contribution in [3.05, 3.63) is 173 Å². The molecule has 0 unspecified atom stereocenters. The molecule has 0 aliphatic carbocycles. The van der Waals surface area contributed by atoms with E-state index in [9.17, 15) is 0 Å². The normalized spacial score (nSPS) is 13.3. The largest absolute Gasteiger partial charge is 0.309 e. The van der Waals surface area contributed by atoms with Crippen LogP contribution in [0.4, 0.5) is 0 Å². The van der Waals surface area contributed by atoms with Crippen molar-refractivity contribution < 1.29 is 0 Å². The van der Waals surface area contributed by atoms with Crippen molar-refractivity contribution in [3.63, 3.8) is 0 Å². The van der Waals surface area contributed by atoms with Crippen LogP contribution in [0.1, 0.15) is 48.6 Å². The Labute approximate surface area is 284 Å². The lowest BCUT2D eigenvalue weighted by Crippen LogP contribution is -2.32. The van der Waals surface area contributed by atoms with Crippen molar-refractivity contribution in [1.29, 1.82) is 0 Å². The Balaban J connectivity index is 1.69. The van der Waals surface area contributed by atoms with Gasteiger partial charge in [0, 0.05) is 28.9 Å². The first kappa shape index (κ1) is 32.2. The lowest BCUT2D eigenvalue weighted by Gasteiger charge is -2.20. The number of aryl methyl sites for hydroxylation is 1. The summed E-state index contributed by atoms with van der Waals surface area (Å²) in [6, 6.07) is 28.2. The van der Waals surface area contributed by atoms with E-state index in [1.54, 1.807) is 0 Å². The maximum absolute atomic E-state index is 4.51. The van der Waals surface area contributed by atoms with E-state index in [0.29, 0.717) is 0 Å². The van der Waals surface area contributed by atoms with Gasteiger partial charge in [-0.25, -0.2) is 0 Å². The number of rotatable bonds is 8. The summed E-state index contributed by atoms with van der Waals surface area (Å²) >= 11 is 0. The molecular weight excluding hydrogens is 581 g/mol. The first-order valence-corrected chi connectivity index (χ1v) is 16.6. The van der Waals surface area contributed by atoms with Crippen molar-refractivity contribution in [2.24, 2.45) is 0 Å². The van der Waals surface area contributed by atoms with Gasteiger partial charge in [0.2, 0.25) is 0 Å². The SMILES string of the molecule is C=C/C=C(\C=C/C)c1c(/C=C(\C=C)c2ccc3c(c2)c2cnccc2n3-c2ccccc2)c(C)c(-c2ccc(C)cc2)c(=C/C)/c1=C\C. The van der Waals surface area contributed by atoms with Crippen LogP contribution >= 0.6 is 0 Å². The molecule has 0 amide bonds. The fourth-order valence-electron chi connectivity index (χ4n) is 6.97. The third-order valence-corrected chi connectivity index (χ3v) is 9.16. The number of aromatic nitrogens is 2. The quantitative estimate of drug-likeness (QED) is 0.122. The molecule has 0 N–H and O–H groups in total. The number of pyridine rings is 1. The van der Waals surface area contributed by atoms with E-state index in [2.05, 4.69) is 173 Å². The second-order valence-electron chi connectivity index (χ2n) is 12.0. The van der Waals surface area contributed by atoms with E-state index < -0.39 is 0 Å². The number of hydrogen-bond acceptors (Lipinski definition) is 1. The first-order chi connectivity index (χ1) is 23.4. The van der Waals surface area contributed by atoms with E-state index in [1.807, 2.05) is 24.5 Å². The minimum atomic E-state index is 1.05. The Morgan fingerprint density at radius 1 is 0.771 bits per heavy atom. The van der Waals surface area contributed by atoms with Crippen LogP contribution in [0.2, 0.25) is 0 Å². The lowest BCUT2D eigenvalue weighted by molar-refractivity contribution is 1.17. The lowest BCUT2D eigenvalue weighted by atomic mass is 9.84. The van der Waals surface area contributed by atoms with Crippen LogP contribution in [0.3, 0.4) is 0 Å². The molecule has 2 nitrogen and oxygen atoms in total. The maximum Gasteiger partial charge on any atom is 0.0571 e. The van der Waals surface area contributed by atoms with Crippen molar-refractivity contribution in [1.82, 2.24) is 9.55 Å². The summed E-state index contributed by atoms with van der Waals surface area (Å²) in [5, 5.41) is 4.71. The highest BCUT2D eigenvalue weighted by Crippen LogP contribution is 2.35. The van der Waals surface area contributed by atoms with E-state index in [1.165, 1.54) is 43.8 Å². The molecule has 6 rings (SSSR count). The van der Waals surface area contributed by atoms with Gasteiger partial charge in [0.05, 0.1) is 11.0 Å². The van der Waals surface area contributed by atoms with Gasteiger partial charge in [0.1, 0.15) is 0 Å². The molecule has 236 valence electrons. The minimum Gasteiger partial charge on any atom is -0.309 e. The number of hydrogen-bond donors (Lipinski definition) is 0. The van der Waals surface area contributed by atoms with Gasteiger partial charge in [-0.15, -0.1) is 0 Å². The van der Waals surface area contributed by atoms with Crippen LogP contribution in [0.5, 0.6) is 0 Å². The number of para-hydroxylation sites is 1. The molecule has 0 aliphatic rings. The topological polar surface area (TPSA) is 17.8 Å². The first-order valence-electron chi connectivity index (χ1n) is 16.6. The van der Waals surface area contributed by atoms with E-state index >= 15 is 0 Å². The maximum atomic E-state index is 4.51. The summed E-state index contributed by atoms with van der Waals surface area (Å²) in [4.78, 5) is 4.51. The standard InChI is InChI=1S/C46H42N2/c1-8-16-34(17-9-2)46-39(12-5)38(11-4)45(35-22-20-31(6)21-23-35)32(7)40(46)28-33(10-3)36-24-25-43-41(29-36)42-30-47-27-26-44(42)48(43)37-18-14-13-15-19-37/h8-30H,1,3H2,2,4-7H3/b17-9-,33-28+,34-16+,38-11+,39-12+. The monoisotopic (exact) mass is 622 g/mol. The van der Waals surface area contributed by atoms with E-state index in [-0.39, 0.29) is 0 Å². The Morgan fingerprint density at radius 3 is 2.17 bits per heavy atom. The predicted molar refractivity (Wildman–Crippen MR) is 211 cm³/mol. The molecule has 0 bridgehead atoms. The zero-order chi connectivity index (χ0) is 33.8. The third kappa shape index (κ3) is 5.71. The third-order valence-electron chi connectivity index (χ3n) is 9.16. The number of fused-ring (bicyclic) bond motifs is 3. The van der Waals surface area contributed by atoms with Gasteiger partial charge in [-0.05, 0) is 126 Å². The average molecular weight is 623 g/mol. The molecule has 0 saturated heterocycles. The van der Waals surface area contributed by atoms with Crippen LogP contribution in [0.15, 0.2) is 135 Å². The minimum absolute atomic E-state index is 1.05. The second kappa shape index (κ2) is 13.9. The van der Waals surface area contributed by atoms with E-state index in [0.717, 1.165) is 44.2 Å². The summed E-state index contributed by atoms with van der Waals surface area (Å²) in [7, 11) is 0. The summed E-state index contributed by atoms with van der Waals surface area (Å²) in [6.07, 6.45) is 20.9. The van der Waals surface area contributed by atoms with Gasteiger partial charge >= 0.3 is 0 Å². The van der Waals surface area contributed by atoms with Gasteiger partial charge < -0.3 is 4.57 Å². The van der Waals surface area contributed by atoms with Gasteiger partial charge in [0.15, 0.2) is 0 Å². The molecule has 0 atom stereocenters. The molecule has 48 heavy (non-hydrogen) atoms. The molecule has 0 radical (unpaired) electrons. The van der Waals surface area contributed by atoms with Crippen molar-refractivity contribution >= 4 is 51.2 Å². The molecular formula is C46H42N2. The molecule has 0 saturated carbocycles. The second-order valence-corrected chi connectivity index (χ2v) is 12.0. The molecule has 6 aromatic rings. The fraction of sp³-hybridized carbons (Fsp3) is 0.109. The molecule has 2 heteroatoms. The van der Waals surface area contributed by atoms with Gasteiger partial charge in [-0.3, -0.25) is 4.98 Å². The Hall–Kier alpha value is -5.73. The van der Waals surface area contributed by atoms with E-state index in [4.69, 9.17) is 0 Å². The molecule has 0 fully saturated rings. The average Bonchev–Trinajstić information content (AvgIpc) is 3.45. The van der Waals surface area contributed by atoms with Crippen LogP contribution in [-0.4, -0.2) is 9.55 Å². The highest BCUT2D eigenvalue weighted by molar-refractivity contribution is 6.10. The summed E-state index contributed by atoms with van der Waals surface area (Å²) in [6.45, 7) is 19.1. The highest BCUT2D eigenvalue weighted by Gasteiger charge is 2.18. The zero-order valence-electron chi connectivity index (χ0n) is 28.6. The van der Waals surface area contributed by atoms with Crippen LogP contribution in [-0.2, 0) is 0 Å². The Bertz CT molecular complexity index is 2390.